The number of benzene rings is 1. The summed E-state index contributed by atoms with van der Waals surface area (Å²) in [6, 6.07) is 5.40. The van der Waals surface area contributed by atoms with Gasteiger partial charge in [-0.25, -0.2) is 0 Å². The first kappa shape index (κ1) is 13.7. The zero-order valence-corrected chi connectivity index (χ0v) is 11.5. The van der Waals surface area contributed by atoms with Gasteiger partial charge in [0.15, 0.2) is 11.5 Å². The van der Waals surface area contributed by atoms with E-state index in [1.807, 2.05) is 6.07 Å². The van der Waals surface area contributed by atoms with Crippen molar-refractivity contribution in [1.82, 2.24) is 5.32 Å². The van der Waals surface area contributed by atoms with Gasteiger partial charge in [0.2, 0.25) is 12.7 Å². The van der Waals surface area contributed by atoms with E-state index >= 15 is 0 Å². The fourth-order valence-corrected chi connectivity index (χ4v) is 2.85. The molecule has 2 N–H and O–H groups in total. The normalized spacial score (nSPS) is 23.0. The molecule has 0 spiro atoms. The van der Waals surface area contributed by atoms with E-state index < -0.39 is 5.97 Å². The van der Waals surface area contributed by atoms with Gasteiger partial charge in [-0.05, 0) is 37.0 Å². The van der Waals surface area contributed by atoms with Crippen molar-refractivity contribution < 1.29 is 24.2 Å². The van der Waals surface area contributed by atoms with E-state index in [1.165, 1.54) is 0 Å². The largest absolute Gasteiger partial charge is 0.481 e. The highest BCUT2D eigenvalue weighted by atomic mass is 16.7. The molecule has 21 heavy (non-hydrogen) atoms. The van der Waals surface area contributed by atoms with Crippen molar-refractivity contribution in [1.29, 1.82) is 0 Å². The van der Waals surface area contributed by atoms with E-state index in [2.05, 4.69) is 5.32 Å². The molecule has 1 aliphatic carbocycles. The van der Waals surface area contributed by atoms with Crippen LogP contribution in [0.5, 0.6) is 11.5 Å². The predicted molar refractivity (Wildman–Crippen MR) is 73.2 cm³/mol. The van der Waals surface area contributed by atoms with E-state index in [9.17, 15) is 9.59 Å². The van der Waals surface area contributed by atoms with Gasteiger partial charge in [-0.1, -0.05) is 6.07 Å². The minimum absolute atomic E-state index is 0.0346. The van der Waals surface area contributed by atoms with Gasteiger partial charge in [0.25, 0.3) is 0 Å². The number of carbonyl (C=O) groups is 2. The van der Waals surface area contributed by atoms with E-state index in [1.54, 1.807) is 12.1 Å². The number of ether oxygens (including phenoxy) is 2. The summed E-state index contributed by atoms with van der Waals surface area (Å²) in [5.74, 6) is 0.152. The molecular weight excluding hydrogens is 274 g/mol. The van der Waals surface area contributed by atoms with Crippen LogP contribution in [0.25, 0.3) is 0 Å². The lowest BCUT2D eigenvalue weighted by Gasteiger charge is -2.12. The molecule has 1 aromatic rings. The van der Waals surface area contributed by atoms with Crippen molar-refractivity contribution in [2.75, 3.05) is 6.79 Å². The first-order valence-electron chi connectivity index (χ1n) is 7.02. The summed E-state index contributed by atoms with van der Waals surface area (Å²) in [4.78, 5) is 22.9. The molecule has 6 nitrogen and oxygen atoms in total. The van der Waals surface area contributed by atoms with Crippen LogP contribution in [0.3, 0.4) is 0 Å². The molecule has 0 bridgehead atoms. The summed E-state index contributed by atoms with van der Waals surface area (Å²) < 4.78 is 10.5. The molecule has 0 radical (unpaired) electrons. The molecule has 3 rings (SSSR count). The lowest BCUT2D eigenvalue weighted by atomic mass is 10.1. The molecule has 1 saturated carbocycles. The molecule has 1 fully saturated rings. The van der Waals surface area contributed by atoms with Gasteiger partial charge in [-0.15, -0.1) is 0 Å². The predicted octanol–water partition coefficient (Wildman–Crippen LogP) is 1.33. The van der Waals surface area contributed by atoms with Crippen LogP contribution in [0, 0.1) is 5.92 Å². The van der Waals surface area contributed by atoms with Crippen LogP contribution in [0.1, 0.15) is 24.8 Å². The maximum atomic E-state index is 12.0. The van der Waals surface area contributed by atoms with Gasteiger partial charge in [0, 0.05) is 6.04 Å². The summed E-state index contributed by atoms with van der Waals surface area (Å²) in [6.07, 6.45) is 2.13. The van der Waals surface area contributed by atoms with E-state index in [0.717, 1.165) is 12.0 Å². The van der Waals surface area contributed by atoms with Crippen molar-refractivity contribution in [3.8, 4) is 11.5 Å². The maximum Gasteiger partial charge on any atom is 0.306 e. The monoisotopic (exact) mass is 291 g/mol. The van der Waals surface area contributed by atoms with Crippen LogP contribution in [-0.4, -0.2) is 29.8 Å². The second-order valence-electron chi connectivity index (χ2n) is 5.48. The number of carboxylic acids is 1. The van der Waals surface area contributed by atoms with E-state index in [0.29, 0.717) is 24.3 Å². The Morgan fingerprint density at radius 3 is 2.81 bits per heavy atom. The average Bonchev–Trinajstić information content (AvgIpc) is 3.06. The van der Waals surface area contributed by atoms with Crippen molar-refractivity contribution in [2.24, 2.45) is 5.92 Å². The Balaban J connectivity index is 1.54. The molecule has 2 aliphatic rings. The van der Waals surface area contributed by atoms with Gasteiger partial charge in [0.05, 0.1) is 12.3 Å². The number of aliphatic carboxylic acids is 1. The molecular formula is C15H17NO5. The number of fused-ring (bicyclic) bond motifs is 1. The Bertz CT molecular complexity index is 571. The third-order valence-electron chi connectivity index (χ3n) is 3.95. The van der Waals surface area contributed by atoms with Gasteiger partial charge in [-0.2, -0.15) is 0 Å². The molecule has 0 aromatic heterocycles. The molecule has 2 atom stereocenters. The Kier molecular flexibility index (Phi) is 3.68. The smallest absolute Gasteiger partial charge is 0.306 e. The highest BCUT2D eigenvalue weighted by molar-refractivity contribution is 5.79. The summed E-state index contributed by atoms with van der Waals surface area (Å²) in [7, 11) is 0. The van der Waals surface area contributed by atoms with Crippen LogP contribution < -0.4 is 14.8 Å². The summed E-state index contributed by atoms with van der Waals surface area (Å²) in [6.45, 7) is 0.212. The van der Waals surface area contributed by atoms with Crippen LogP contribution in [0.2, 0.25) is 0 Å². The molecule has 112 valence electrons. The number of rotatable bonds is 4. The Morgan fingerprint density at radius 1 is 1.24 bits per heavy atom. The lowest BCUT2D eigenvalue weighted by Crippen LogP contribution is -2.34. The molecule has 0 saturated heterocycles. The third kappa shape index (κ3) is 3.09. The quantitative estimate of drug-likeness (QED) is 0.874. The average molecular weight is 291 g/mol. The Hall–Kier alpha value is -2.24. The molecule has 1 aliphatic heterocycles. The SMILES string of the molecule is O=C(Cc1ccc2c(c1)OCO2)N[C@@H]1CC[C@H](C(=O)O)C1. The van der Waals surface area contributed by atoms with Crippen molar-refractivity contribution in [3.63, 3.8) is 0 Å². The molecule has 0 unspecified atom stereocenters. The van der Waals surface area contributed by atoms with Gasteiger partial charge in [-0.3, -0.25) is 9.59 Å². The fraction of sp³-hybridized carbons (Fsp3) is 0.467. The Labute approximate surface area is 122 Å². The number of hydrogen-bond donors (Lipinski definition) is 2. The summed E-state index contributed by atoms with van der Waals surface area (Å²) in [5.41, 5.74) is 0.851. The maximum absolute atomic E-state index is 12.0. The van der Waals surface area contributed by atoms with Gasteiger partial charge >= 0.3 is 5.97 Å². The first-order valence-corrected chi connectivity index (χ1v) is 7.02. The number of carboxylic acid groups (broad SMARTS) is 1. The number of amides is 1. The highest BCUT2D eigenvalue weighted by Gasteiger charge is 2.30. The summed E-state index contributed by atoms with van der Waals surface area (Å²) >= 11 is 0. The van der Waals surface area contributed by atoms with Crippen LogP contribution in [-0.2, 0) is 16.0 Å². The first-order chi connectivity index (χ1) is 10.1. The Morgan fingerprint density at radius 2 is 2.05 bits per heavy atom. The molecule has 1 amide bonds. The van der Waals surface area contributed by atoms with E-state index in [-0.39, 0.29) is 31.1 Å². The summed E-state index contributed by atoms with van der Waals surface area (Å²) in [5, 5.41) is 11.9. The molecule has 1 aromatic carbocycles. The highest BCUT2D eigenvalue weighted by Crippen LogP contribution is 2.32. The minimum Gasteiger partial charge on any atom is -0.481 e. The van der Waals surface area contributed by atoms with Crippen LogP contribution in [0.15, 0.2) is 18.2 Å². The molecule has 1 heterocycles. The zero-order chi connectivity index (χ0) is 14.8. The standard InChI is InChI=1S/C15H17NO5/c17-14(16-11-3-2-10(7-11)15(18)19)6-9-1-4-12-13(5-9)21-8-20-12/h1,4-5,10-11H,2-3,6-8H2,(H,16,17)(H,18,19)/t10-,11+/m0/s1. The lowest BCUT2D eigenvalue weighted by molar-refractivity contribution is -0.141. The minimum atomic E-state index is -0.775. The number of carbonyl (C=O) groups excluding carboxylic acids is 1. The third-order valence-corrected chi connectivity index (χ3v) is 3.95. The van der Waals surface area contributed by atoms with Crippen LogP contribution in [0.4, 0.5) is 0 Å². The van der Waals surface area contributed by atoms with Crippen LogP contribution >= 0.6 is 0 Å². The van der Waals surface area contributed by atoms with Gasteiger partial charge in [0.1, 0.15) is 0 Å². The van der Waals surface area contributed by atoms with E-state index in [4.69, 9.17) is 14.6 Å². The second-order valence-corrected chi connectivity index (χ2v) is 5.48. The molecule has 6 heteroatoms. The zero-order valence-electron chi connectivity index (χ0n) is 11.5. The topological polar surface area (TPSA) is 84.9 Å². The fourth-order valence-electron chi connectivity index (χ4n) is 2.85. The number of hydrogen-bond acceptors (Lipinski definition) is 4. The number of nitrogens with one attached hydrogen (secondary N) is 1. The van der Waals surface area contributed by atoms with Gasteiger partial charge < -0.3 is 19.9 Å². The second kappa shape index (κ2) is 5.63. The van der Waals surface area contributed by atoms with Crippen molar-refractivity contribution in [2.45, 2.75) is 31.7 Å². The van der Waals surface area contributed by atoms with Crippen molar-refractivity contribution >= 4 is 11.9 Å². The van der Waals surface area contributed by atoms with Crippen molar-refractivity contribution in [3.05, 3.63) is 23.8 Å².